The Morgan fingerprint density at radius 1 is 1.47 bits per heavy atom. The Labute approximate surface area is 110 Å². The van der Waals surface area contributed by atoms with E-state index in [0.717, 1.165) is 12.8 Å². The number of rotatable bonds is 5. The third-order valence-corrected chi connectivity index (χ3v) is 3.32. The molecule has 1 N–H and O–H groups in total. The number of nitrogens with one attached hydrogen (secondary N) is 1. The van der Waals surface area contributed by atoms with Crippen LogP contribution in [0.3, 0.4) is 0 Å². The van der Waals surface area contributed by atoms with Gasteiger partial charge < -0.3 is 4.98 Å². The van der Waals surface area contributed by atoms with E-state index < -0.39 is 4.92 Å². The molecular formula is C14H16N2O3. The predicted molar refractivity (Wildman–Crippen MR) is 73.4 cm³/mol. The van der Waals surface area contributed by atoms with Crippen LogP contribution >= 0.6 is 0 Å². The number of hydrogen-bond donors (Lipinski definition) is 1. The van der Waals surface area contributed by atoms with Crippen molar-refractivity contribution >= 4 is 22.4 Å². The van der Waals surface area contributed by atoms with Gasteiger partial charge in [-0.15, -0.1) is 0 Å². The molecule has 5 heteroatoms. The summed E-state index contributed by atoms with van der Waals surface area (Å²) in [7, 11) is 0. The number of aromatic nitrogens is 1. The number of H-pyrrole nitrogens is 1. The lowest BCUT2D eigenvalue weighted by Crippen LogP contribution is -2.10. The normalized spacial score (nSPS) is 12.5. The SMILES string of the molecule is CCCC(C)C(=O)c1c[nH]c2cccc([N+](=O)[O-])c12. The Balaban J connectivity index is 2.55. The van der Waals surface area contributed by atoms with Crippen molar-refractivity contribution in [2.75, 3.05) is 0 Å². The van der Waals surface area contributed by atoms with Crippen LogP contribution in [0, 0.1) is 16.0 Å². The van der Waals surface area contributed by atoms with Crippen LogP contribution in [0.25, 0.3) is 10.9 Å². The van der Waals surface area contributed by atoms with Crippen molar-refractivity contribution in [1.29, 1.82) is 0 Å². The van der Waals surface area contributed by atoms with E-state index in [-0.39, 0.29) is 17.4 Å². The van der Waals surface area contributed by atoms with E-state index in [1.807, 2.05) is 13.8 Å². The molecule has 100 valence electrons. The zero-order chi connectivity index (χ0) is 14.0. The van der Waals surface area contributed by atoms with Crippen molar-refractivity contribution in [3.63, 3.8) is 0 Å². The number of benzene rings is 1. The molecule has 1 unspecified atom stereocenters. The third-order valence-electron chi connectivity index (χ3n) is 3.32. The molecule has 1 aromatic heterocycles. The van der Waals surface area contributed by atoms with Gasteiger partial charge in [0.2, 0.25) is 0 Å². The van der Waals surface area contributed by atoms with Crippen LogP contribution in [0.15, 0.2) is 24.4 Å². The van der Waals surface area contributed by atoms with Crippen LogP contribution in [-0.4, -0.2) is 15.7 Å². The summed E-state index contributed by atoms with van der Waals surface area (Å²) >= 11 is 0. The van der Waals surface area contributed by atoms with Gasteiger partial charge in [0.25, 0.3) is 5.69 Å². The van der Waals surface area contributed by atoms with Gasteiger partial charge in [-0.1, -0.05) is 26.3 Å². The van der Waals surface area contributed by atoms with Crippen molar-refractivity contribution in [1.82, 2.24) is 4.98 Å². The number of Topliss-reactive ketones (excluding diaryl/α,β-unsaturated/α-hetero) is 1. The maximum absolute atomic E-state index is 12.3. The van der Waals surface area contributed by atoms with Crippen molar-refractivity contribution < 1.29 is 9.72 Å². The zero-order valence-corrected chi connectivity index (χ0v) is 11.0. The van der Waals surface area contributed by atoms with Gasteiger partial charge >= 0.3 is 0 Å². The second kappa shape index (κ2) is 5.22. The minimum absolute atomic E-state index is 0.0224. The van der Waals surface area contributed by atoms with Crippen LogP contribution in [0.2, 0.25) is 0 Å². The molecule has 2 aromatic rings. The standard InChI is InChI=1S/C14H16N2O3/c1-3-5-9(2)14(17)10-8-15-11-6-4-7-12(13(10)11)16(18)19/h4,6-9,15H,3,5H2,1-2H3. The van der Waals surface area contributed by atoms with E-state index >= 15 is 0 Å². The highest BCUT2D eigenvalue weighted by molar-refractivity contribution is 6.11. The second-order valence-electron chi connectivity index (χ2n) is 4.71. The minimum atomic E-state index is -0.447. The molecule has 5 nitrogen and oxygen atoms in total. The largest absolute Gasteiger partial charge is 0.360 e. The van der Waals surface area contributed by atoms with Gasteiger partial charge in [0, 0.05) is 18.2 Å². The Bertz CT molecular complexity index is 631. The Hall–Kier alpha value is -2.17. The molecule has 0 aliphatic rings. The number of carbonyl (C=O) groups is 1. The van der Waals surface area contributed by atoms with Gasteiger partial charge in [0.05, 0.1) is 21.4 Å². The summed E-state index contributed by atoms with van der Waals surface area (Å²) in [6, 6.07) is 4.78. The summed E-state index contributed by atoms with van der Waals surface area (Å²) in [6.45, 7) is 3.88. The average molecular weight is 260 g/mol. The summed E-state index contributed by atoms with van der Waals surface area (Å²) in [6.07, 6.45) is 3.27. The van der Waals surface area contributed by atoms with E-state index in [0.29, 0.717) is 16.5 Å². The summed E-state index contributed by atoms with van der Waals surface area (Å²) < 4.78 is 0. The quantitative estimate of drug-likeness (QED) is 0.506. The first-order valence-corrected chi connectivity index (χ1v) is 6.35. The van der Waals surface area contributed by atoms with Gasteiger partial charge in [-0.25, -0.2) is 0 Å². The molecule has 2 rings (SSSR count). The summed E-state index contributed by atoms with van der Waals surface area (Å²) in [5.74, 6) is -0.161. The number of aromatic amines is 1. The van der Waals surface area contributed by atoms with Crippen molar-refractivity contribution in [2.45, 2.75) is 26.7 Å². The Morgan fingerprint density at radius 2 is 2.21 bits per heavy atom. The molecule has 0 amide bonds. The van der Waals surface area contributed by atoms with E-state index in [1.54, 1.807) is 18.3 Å². The molecule has 1 heterocycles. The molecule has 0 aliphatic heterocycles. The maximum atomic E-state index is 12.3. The lowest BCUT2D eigenvalue weighted by Gasteiger charge is -2.07. The third kappa shape index (κ3) is 2.36. The minimum Gasteiger partial charge on any atom is -0.360 e. The number of hydrogen-bond acceptors (Lipinski definition) is 3. The van der Waals surface area contributed by atoms with E-state index in [2.05, 4.69) is 4.98 Å². The van der Waals surface area contributed by atoms with Gasteiger partial charge in [-0.05, 0) is 12.5 Å². The van der Waals surface area contributed by atoms with Crippen LogP contribution in [-0.2, 0) is 0 Å². The van der Waals surface area contributed by atoms with Gasteiger partial charge in [0.15, 0.2) is 5.78 Å². The van der Waals surface area contributed by atoms with Crippen molar-refractivity contribution in [2.24, 2.45) is 5.92 Å². The number of carbonyl (C=O) groups excluding carboxylic acids is 1. The molecule has 1 aromatic carbocycles. The van der Waals surface area contributed by atoms with Crippen molar-refractivity contribution in [3.05, 3.63) is 40.1 Å². The van der Waals surface area contributed by atoms with E-state index in [1.165, 1.54) is 6.07 Å². The molecule has 1 atom stereocenters. The number of nitro benzene ring substituents is 1. The number of nitro groups is 1. The smallest absolute Gasteiger partial charge is 0.279 e. The average Bonchev–Trinajstić information content (AvgIpc) is 2.81. The summed E-state index contributed by atoms with van der Waals surface area (Å²) in [5, 5.41) is 11.5. The lowest BCUT2D eigenvalue weighted by molar-refractivity contribution is -0.383. The molecule has 0 saturated heterocycles. The first-order chi connectivity index (χ1) is 9.06. The first-order valence-electron chi connectivity index (χ1n) is 6.35. The molecule has 0 aliphatic carbocycles. The van der Waals surface area contributed by atoms with Gasteiger partial charge in [-0.2, -0.15) is 0 Å². The maximum Gasteiger partial charge on any atom is 0.279 e. The second-order valence-corrected chi connectivity index (χ2v) is 4.71. The van der Waals surface area contributed by atoms with E-state index in [9.17, 15) is 14.9 Å². The first kappa shape index (κ1) is 13.3. The molecule has 0 radical (unpaired) electrons. The fourth-order valence-corrected chi connectivity index (χ4v) is 2.34. The summed E-state index contributed by atoms with van der Waals surface area (Å²) in [4.78, 5) is 25.9. The van der Waals surface area contributed by atoms with Crippen LogP contribution in [0.4, 0.5) is 5.69 Å². The predicted octanol–water partition coefficient (Wildman–Crippen LogP) is 3.70. The molecule has 19 heavy (non-hydrogen) atoms. The number of nitrogens with zero attached hydrogens (tertiary/aromatic N) is 1. The highest BCUT2D eigenvalue weighted by atomic mass is 16.6. The van der Waals surface area contributed by atoms with Gasteiger partial charge in [-0.3, -0.25) is 14.9 Å². The molecule has 0 spiro atoms. The fraction of sp³-hybridized carbons (Fsp3) is 0.357. The summed E-state index contributed by atoms with van der Waals surface area (Å²) in [5.41, 5.74) is 1.02. The van der Waals surface area contributed by atoms with Crippen molar-refractivity contribution in [3.8, 4) is 0 Å². The fourth-order valence-electron chi connectivity index (χ4n) is 2.34. The topological polar surface area (TPSA) is 76.0 Å². The Morgan fingerprint density at radius 3 is 2.84 bits per heavy atom. The number of non-ortho nitro benzene ring substituents is 1. The van der Waals surface area contributed by atoms with Crippen LogP contribution in [0.5, 0.6) is 0 Å². The lowest BCUT2D eigenvalue weighted by atomic mass is 9.94. The van der Waals surface area contributed by atoms with E-state index in [4.69, 9.17) is 0 Å². The zero-order valence-electron chi connectivity index (χ0n) is 11.0. The Kier molecular flexibility index (Phi) is 3.64. The van der Waals surface area contributed by atoms with Gasteiger partial charge in [0.1, 0.15) is 0 Å². The highest BCUT2D eigenvalue weighted by Crippen LogP contribution is 2.30. The highest BCUT2D eigenvalue weighted by Gasteiger charge is 2.23. The monoisotopic (exact) mass is 260 g/mol. The molecule has 0 saturated carbocycles. The van der Waals surface area contributed by atoms with Crippen LogP contribution < -0.4 is 0 Å². The molecule has 0 bridgehead atoms. The van der Waals surface area contributed by atoms with Crippen LogP contribution in [0.1, 0.15) is 37.0 Å². The molecule has 0 fully saturated rings. The molecular weight excluding hydrogens is 244 g/mol. The number of fused-ring (bicyclic) bond motifs is 1. The number of ketones is 1.